The minimum Gasteiger partial charge on any atom is -0.480 e. The average molecular weight is 245 g/mol. The molecule has 0 aliphatic carbocycles. The third-order valence-corrected chi connectivity index (χ3v) is 2.03. The predicted molar refractivity (Wildman–Crippen MR) is 61.2 cm³/mol. The van der Waals surface area contributed by atoms with Gasteiger partial charge in [-0.15, -0.1) is 0 Å². The molecule has 7 nitrogen and oxygen atoms in total. The summed E-state index contributed by atoms with van der Waals surface area (Å²) in [4.78, 5) is 32.6. The summed E-state index contributed by atoms with van der Waals surface area (Å²) in [7, 11) is 0. The van der Waals surface area contributed by atoms with Crippen LogP contribution in [-0.4, -0.2) is 42.0 Å². The zero-order valence-electron chi connectivity index (χ0n) is 9.86. The number of nitrogens with two attached hydrogens (primary N) is 1. The van der Waals surface area contributed by atoms with Gasteiger partial charge in [-0.1, -0.05) is 6.92 Å². The first-order valence-electron chi connectivity index (χ1n) is 5.48. The normalized spacial score (nSPS) is 11.8. The van der Waals surface area contributed by atoms with Crippen molar-refractivity contribution in [3.05, 3.63) is 0 Å². The number of carbonyl (C=O) groups is 3. The second kappa shape index (κ2) is 8.51. The summed E-state index contributed by atoms with van der Waals surface area (Å²) in [5.74, 6) is -2.17. The lowest BCUT2D eigenvalue weighted by atomic mass is 10.1. The lowest BCUT2D eigenvalue weighted by Gasteiger charge is -2.13. The van der Waals surface area contributed by atoms with Gasteiger partial charge in [-0.3, -0.25) is 9.59 Å². The van der Waals surface area contributed by atoms with Gasteiger partial charge in [-0.05, 0) is 19.4 Å². The molecule has 5 N–H and O–H groups in total. The third kappa shape index (κ3) is 8.21. The first-order chi connectivity index (χ1) is 7.97. The standard InChI is InChI=1S/C10H19N3O4/c1-2-5-12-6-9(15)13-7(10(16)17)3-4-8(11)14/h7,12H,2-6H2,1H3,(H2,11,14)(H,13,15)(H,16,17)/t7-/m0/s1. The maximum Gasteiger partial charge on any atom is 0.326 e. The van der Waals surface area contributed by atoms with E-state index in [1.54, 1.807) is 0 Å². The maximum absolute atomic E-state index is 11.3. The highest BCUT2D eigenvalue weighted by Crippen LogP contribution is 1.97. The Hall–Kier alpha value is -1.63. The van der Waals surface area contributed by atoms with Gasteiger partial charge in [0.2, 0.25) is 11.8 Å². The number of rotatable bonds is 9. The van der Waals surface area contributed by atoms with Crippen LogP contribution >= 0.6 is 0 Å². The smallest absolute Gasteiger partial charge is 0.326 e. The third-order valence-electron chi connectivity index (χ3n) is 2.03. The monoisotopic (exact) mass is 245 g/mol. The predicted octanol–water partition coefficient (Wildman–Crippen LogP) is -1.18. The molecule has 0 saturated carbocycles. The molecule has 0 saturated heterocycles. The number of carbonyl (C=O) groups excluding carboxylic acids is 2. The fraction of sp³-hybridized carbons (Fsp3) is 0.700. The second-order valence-corrected chi connectivity index (χ2v) is 3.64. The SMILES string of the molecule is CCCNCC(=O)N[C@@H](CCC(N)=O)C(=O)O. The summed E-state index contributed by atoms with van der Waals surface area (Å²) in [5, 5.41) is 14.0. The van der Waals surface area contributed by atoms with Gasteiger partial charge in [0.25, 0.3) is 0 Å². The fourth-order valence-electron chi connectivity index (χ4n) is 1.17. The van der Waals surface area contributed by atoms with Gasteiger partial charge >= 0.3 is 5.97 Å². The van der Waals surface area contributed by atoms with Gasteiger partial charge in [-0.2, -0.15) is 0 Å². The van der Waals surface area contributed by atoms with E-state index >= 15 is 0 Å². The van der Waals surface area contributed by atoms with Crippen LogP contribution < -0.4 is 16.4 Å². The van der Waals surface area contributed by atoms with Crippen molar-refractivity contribution < 1.29 is 19.5 Å². The minimum atomic E-state index is -1.17. The van der Waals surface area contributed by atoms with Gasteiger partial charge in [0.05, 0.1) is 6.54 Å². The van der Waals surface area contributed by atoms with E-state index in [2.05, 4.69) is 10.6 Å². The Morgan fingerprint density at radius 1 is 1.35 bits per heavy atom. The van der Waals surface area contributed by atoms with Crippen LogP contribution in [0.15, 0.2) is 0 Å². The van der Waals surface area contributed by atoms with Crippen molar-refractivity contribution >= 4 is 17.8 Å². The van der Waals surface area contributed by atoms with Gasteiger partial charge in [0, 0.05) is 6.42 Å². The van der Waals surface area contributed by atoms with Crippen LogP contribution in [0.25, 0.3) is 0 Å². The van der Waals surface area contributed by atoms with Crippen LogP contribution in [0.5, 0.6) is 0 Å². The molecule has 2 amide bonds. The topological polar surface area (TPSA) is 122 Å². The van der Waals surface area contributed by atoms with E-state index in [9.17, 15) is 14.4 Å². The van der Waals surface area contributed by atoms with Gasteiger partial charge in [0.1, 0.15) is 6.04 Å². The van der Waals surface area contributed by atoms with Crippen LogP contribution in [0.3, 0.4) is 0 Å². The number of hydrogen-bond donors (Lipinski definition) is 4. The molecule has 7 heteroatoms. The van der Waals surface area contributed by atoms with Crippen molar-refractivity contribution in [1.29, 1.82) is 0 Å². The summed E-state index contributed by atoms with van der Waals surface area (Å²) >= 11 is 0. The van der Waals surface area contributed by atoms with Crippen molar-refractivity contribution in [3.8, 4) is 0 Å². The zero-order chi connectivity index (χ0) is 13.3. The first-order valence-corrected chi connectivity index (χ1v) is 5.48. The van der Waals surface area contributed by atoms with Crippen molar-refractivity contribution in [3.63, 3.8) is 0 Å². The van der Waals surface area contributed by atoms with Crippen LogP contribution in [0, 0.1) is 0 Å². The van der Waals surface area contributed by atoms with Crippen LogP contribution in [0.4, 0.5) is 0 Å². The quantitative estimate of drug-likeness (QED) is 0.381. The number of amides is 2. The van der Waals surface area contributed by atoms with Gasteiger partial charge in [0.15, 0.2) is 0 Å². The van der Waals surface area contributed by atoms with Crippen LogP contribution in [-0.2, 0) is 14.4 Å². The average Bonchev–Trinajstić information content (AvgIpc) is 2.23. The molecule has 0 rings (SSSR count). The highest BCUT2D eigenvalue weighted by Gasteiger charge is 2.19. The number of nitrogens with one attached hydrogen (secondary N) is 2. The van der Waals surface area contributed by atoms with E-state index in [-0.39, 0.29) is 19.4 Å². The molecule has 0 spiro atoms. The Labute approximate surface area is 99.7 Å². The molecule has 0 aromatic carbocycles. The lowest BCUT2D eigenvalue weighted by molar-refractivity contribution is -0.142. The van der Waals surface area contributed by atoms with Crippen LogP contribution in [0.1, 0.15) is 26.2 Å². The Morgan fingerprint density at radius 2 is 2.00 bits per heavy atom. The molecule has 1 atom stereocenters. The highest BCUT2D eigenvalue weighted by atomic mass is 16.4. The minimum absolute atomic E-state index is 0.00415. The van der Waals surface area contributed by atoms with Crippen molar-refractivity contribution in [2.45, 2.75) is 32.2 Å². The largest absolute Gasteiger partial charge is 0.480 e. The van der Waals surface area contributed by atoms with E-state index in [1.165, 1.54) is 0 Å². The van der Waals surface area contributed by atoms with Crippen molar-refractivity contribution in [1.82, 2.24) is 10.6 Å². The molecule has 0 fully saturated rings. The van der Waals surface area contributed by atoms with E-state index in [4.69, 9.17) is 10.8 Å². The molecule has 0 aliphatic heterocycles. The molecule has 98 valence electrons. The molecule has 0 heterocycles. The fourth-order valence-corrected chi connectivity index (χ4v) is 1.17. The number of primary amides is 1. The molecule has 17 heavy (non-hydrogen) atoms. The molecule has 0 aromatic rings. The Kier molecular flexibility index (Phi) is 7.70. The Bertz CT molecular complexity index is 281. The molecular formula is C10H19N3O4. The molecule has 0 aromatic heterocycles. The first kappa shape index (κ1) is 15.4. The lowest BCUT2D eigenvalue weighted by Crippen LogP contribution is -2.45. The van der Waals surface area contributed by atoms with E-state index < -0.39 is 23.8 Å². The van der Waals surface area contributed by atoms with Gasteiger partial charge < -0.3 is 21.5 Å². The second-order valence-electron chi connectivity index (χ2n) is 3.64. The molecule has 0 unspecified atom stereocenters. The number of hydrogen-bond acceptors (Lipinski definition) is 4. The summed E-state index contributed by atoms with van der Waals surface area (Å²) < 4.78 is 0. The molecule has 0 aliphatic rings. The summed E-state index contributed by atoms with van der Waals surface area (Å²) in [6, 6.07) is -1.07. The number of aliphatic carboxylic acids is 1. The van der Waals surface area contributed by atoms with E-state index in [0.717, 1.165) is 6.42 Å². The number of carboxylic acid groups (broad SMARTS) is 1. The maximum atomic E-state index is 11.3. The molecular weight excluding hydrogens is 226 g/mol. The van der Waals surface area contributed by atoms with E-state index in [0.29, 0.717) is 6.54 Å². The Balaban J connectivity index is 4.02. The van der Waals surface area contributed by atoms with Crippen LogP contribution in [0.2, 0.25) is 0 Å². The zero-order valence-corrected chi connectivity index (χ0v) is 9.86. The van der Waals surface area contributed by atoms with Crippen molar-refractivity contribution in [2.24, 2.45) is 5.73 Å². The summed E-state index contributed by atoms with van der Waals surface area (Å²) in [6.07, 6.45) is 0.821. The summed E-state index contributed by atoms with van der Waals surface area (Å²) in [6.45, 7) is 2.71. The molecule has 0 bridgehead atoms. The molecule has 0 radical (unpaired) electrons. The summed E-state index contributed by atoms with van der Waals surface area (Å²) in [5.41, 5.74) is 4.91. The highest BCUT2D eigenvalue weighted by molar-refractivity contribution is 5.85. The van der Waals surface area contributed by atoms with Crippen molar-refractivity contribution in [2.75, 3.05) is 13.1 Å². The van der Waals surface area contributed by atoms with E-state index in [1.807, 2.05) is 6.92 Å². The number of carboxylic acids is 1. The Morgan fingerprint density at radius 3 is 2.47 bits per heavy atom. The van der Waals surface area contributed by atoms with Gasteiger partial charge in [-0.25, -0.2) is 4.79 Å².